The Morgan fingerprint density at radius 1 is 1.54 bits per heavy atom. The Hall–Kier alpha value is -1.62. The van der Waals surface area contributed by atoms with Gasteiger partial charge in [-0.05, 0) is 6.07 Å². The Bertz CT molecular complexity index is 423. The van der Waals surface area contributed by atoms with Crippen LogP contribution in [0.5, 0.6) is 0 Å². The number of hydrogen-bond acceptors (Lipinski definition) is 4. The second-order valence-electron chi connectivity index (χ2n) is 2.64. The van der Waals surface area contributed by atoms with Crippen LogP contribution in [0.15, 0.2) is 18.6 Å². The molecule has 2 aromatic rings. The van der Waals surface area contributed by atoms with Crippen LogP contribution in [0.2, 0.25) is 0 Å². The Labute approximate surface area is 75.0 Å². The zero-order chi connectivity index (χ0) is 9.26. The topological polar surface area (TPSA) is 63.0 Å². The molecule has 5 heteroatoms. The molecule has 13 heavy (non-hydrogen) atoms. The van der Waals surface area contributed by atoms with E-state index in [1.807, 2.05) is 6.07 Å². The average Bonchev–Trinajstić information content (AvgIpc) is 2.60. The number of aliphatic hydroxyl groups excluding tert-OH is 1. The first kappa shape index (κ1) is 8.00. The highest BCUT2D eigenvalue weighted by atomic mass is 16.3. The van der Waals surface area contributed by atoms with Crippen LogP contribution in [-0.4, -0.2) is 26.7 Å². The van der Waals surface area contributed by atoms with Crippen molar-refractivity contribution in [2.75, 3.05) is 12.4 Å². The van der Waals surface area contributed by atoms with Crippen molar-refractivity contribution in [2.24, 2.45) is 0 Å². The number of rotatable bonds is 2. The quantitative estimate of drug-likeness (QED) is 0.699. The van der Waals surface area contributed by atoms with E-state index < -0.39 is 0 Å². The van der Waals surface area contributed by atoms with Crippen LogP contribution >= 0.6 is 0 Å². The van der Waals surface area contributed by atoms with E-state index in [1.165, 1.54) is 6.33 Å². The van der Waals surface area contributed by atoms with Crippen molar-refractivity contribution in [3.63, 3.8) is 0 Å². The Kier molecular flexibility index (Phi) is 1.86. The molecule has 0 bridgehead atoms. The maximum Gasteiger partial charge on any atom is 0.147 e. The lowest BCUT2D eigenvalue weighted by Gasteiger charge is -2.01. The highest BCUT2D eigenvalue weighted by molar-refractivity contribution is 5.87. The third kappa shape index (κ3) is 1.13. The van der Waals surface area contributed by atoms with Crippen molar-refractivity contribution in [1.82, 2.24) is 14.5 Å². The Morgan fingerprint density at radius 2 is 2.38 bits per heavy atom. The zero-order valence-electron chi connectivity index (χ0n) is 7.23. The largest absolute Gasteiger partial charge is 0.376 e. The van der Waals surface area contributed by atoms with E-state index in [1.54, 1.807) is 17.8 Å². The van der Waals surface area contributed by atoms with Crippen LogP contribution in [0.3, 0.4) is 0 Å². The maximum atomic E-state index is 8.97. The molecule has 0 aliphatic rings. The Morgan fingerprint density at radius 3 is 3.08 bits per heavy atom. The first-order valence-corrected chi connectivity index (χ1v) is 3.95. The van der Waals surface area contributed by atoms with E-state index in [2.05, 4.69) is 15.3 Å². The van der Waals surface area contributed by atoms with Crippen molar-refractivity contribution in [1.29, 1.82) is 0 Å². The molecule has 0 aliphatic carbocycles. The molecular formula is C8H10N4O. The molecule has 0 unspecified atom stereocenters. The van der Waals surface area contributed by atoms with Crippen LogP contribution in [0.25, 0.3) is 11.0 Å². The fourth-order valence-electron chi connectivity index (χ4n) is 1.32. The van der Waals surface area contributed by atoms with E-state index in [-0.39, 0.29) is 6.73 Å². The van der Waals surface area contributed by atoms with Gasteiger partial charge in [0.25, 0.3) is 0 Å². The first-order valence-electron chi connectivity index (χ1n) is 3.95. The number of hydrogen-bond donors (Lipinski definition) is 2. The molecule has 68 valence electrons. The zero-order valence-corrected chi connectivity index (χ0v) is 7.23. The maximum absolute atomic E-state index is 8.97. The predicted molar refractivity (Wildman–Crippen MR) is 49.3 cm³/mol. The molecule has 0 atom stereocenters. The van der Waals surface area contributed by atoms with Gasteiger partial charge in [0.15, 0.2) is 0 Å². The van der Waals surface area contributed by atoms with Crippen molar-refractivity contribution < 1.29 is 5.11 Å². The molecule has 2 rings (SSSR count). The van der Waals surface area contributed by atoms with Crippen LogP contribution in [0, 0.1) is 0 Å². The predicted octanol–water partition coefficient (Wildman–Crippen LogP) is 0.423. The van der Waals surface area contributed by atoms with Gasteiger partial charge in [0.1, 0.15) is 24.5 Å². The van der Waals surface area contributed by atoms with E-state index in [4.69, 9.17) is 5.11 Å². The van der Waals surface area contributed by atoms with Gasteiger partial charge in [0.05, 0.1) is 5.39 Å². The van der Waals surface area contributed by atoms with Gasteiger partial charge in [-0.1, -0.05) is 0 Å². The monoisotopic (exact) mass is 178 g/mol. The van der Waals surface area contributed by atoms with Crippen molar-refractivity contribution >= 4 is 16.9 Å². The van der Waals surface area contributed by atoms with E-state index in [9.17, 15) is 0 Å². The highest BCUT2D eigenvalue weighted by Crippen LogP contribution is 2.18. The molecule has 0 saturated heterocycles. The molecule has 0 spiro atoms. The van der Waals surface area contributed by atoms with Gasteiger partial charge in [0.2, 0.25) is 0 Å². The van der Waals surface area contributed by atoms with Crippen LogP contribution in [-0.2, 0) is 6.73 Å². The molecule has 2 heterocycles. The summed E-state index contributed by atoms with van der Waals surface area (Å²) in [4.78, 5) is 8.13. The van der Waals surface area contributed by atoms with Crippen molar-refractivity contribution in [3.05, 3.63) is 18.6 Å². The summed E-state index contributed by atoms with van der Waals surface area (Å²) in [5.74, 6) is 0.775. The molecule has 0 fully saturated rings. The normalized spacial score (nSPS) is 10.6. The fraction of sp³-hybridized carbons (Fsp3) is 0.250. The lowest BCUT2D eigenvalue weighted by atomic mass is 10.4. The minimum absolute atomic E-state index is 0.0658. The summed E-state index contributed by atoms with van der Waals surface area (Å²) in [6, 6.07) is 1.87. The molecular weight excluding hydrogens is 168 g/mol. The molecule has 2 aromatic heterocycles. The SMILES string of the molecule is CNc1ncnc2c1ccn2CO. The van der Waals surface area contributed by atoms with Crippen molar-refractivity contribution in [2.45, 2.75) is 6.73 Å². The fourth-order valence-corrected chi connectivity index (χ4v) is 1.32. The van der Waals surface area contributed by atoms with Gasteiger partial charge in [-0.3, -0.25) is 0 Å². The number of nitrogens with one attached hydrogen (secondary N) is 1. The lowest BCUT2D eigenvalue weighted by molar-refractivity contribution is 0.215. The number of fused-ring (bicyclic) bond motifs is 1. The van der Waals surface area contributed by atoms with Gasteiger partial charge >= 0.3 is 0 Å². The van der Waals surface area contributed by atoms with Gasteiger partial charge < -0.3 is 15.0 Å². The summed E-state index contributed by atoms with van der Waals surface area (Å²) in [5.41, 5.74) is 0.738. The summed E-state index contributed by atoms with van der Waals surface area (Å²) in [6.45, 7) is -0.0658. The summed E-state index contributed by atoms with van der Waals surface area (Å²) >= 11 is 0. The number of anilines is 1. The average molecular weight is 178 g/mol. The third-order valence-corrected chi connectivity index (χ3v) is 1.95. The highest BCUT2D eigenvalue weighted by Gasteiger charge is 2.05. The summed E-state index contributed by atoms with van der Waals surface area (Å²) in [7, 11) is 1.80. The van der Waals surface area contributed by atoms with E-state index >= 15 is 0 Å². The van der Waals surface area contributed by atoms with Gasteiger partial charge in [0, 0.05) is 13.2 Å². The molecule has 0 saturated carbocycles. The van der Waals surface area contributed by atoms with Crippen molar-refractivity contribution in [3.8, 4) is 0 Å². The molecule has 0 aromatic carbocycles. The molecule has 2 N–H and O–H groups in total. The summed E-state index contributed by atoms with van der Waals surface area (Å²) < 4.78 is 1.65. The van der Waals surface area contributed by atoms with Crippen LogP contribution in [0.1, 0.15) is 0 Å². The molecule has 0 amide bonds. The summed E-state index contributed by atoms with van der Waals surface area (Å²) in [5, 5.41) is 12.8. The lowest BCUT2D eigenvalue weighted by Crippen LogP contribution is -1.98. The number of aromatic nitrogens is 3. The number of aliphatic hydroxyl groups is 1. The first-order chi connectivity index (χ1) is 6.36. The standard InChI is InChI=1S/C8H10N4O/c1-9-7-6-2-3-12(5-13)8(6)11-4-10-7/h2-4,13H,5H2,1H3,(H,9,10,11). The van der Waals surface area contributed by atoms with Gasteiger partial charge in [-0.2, -0.15) is 0 Å². The van der Waals surface area contributed by atoms with Gasteiger partial charge in [-0.15, -0.1) is 0 Å². The van der Waals surface area contributed by atoms with E-state index in [0.29, 0.717) is 0 Å². The molecule has 5 nitrogen and oxygen atoms in total. The number of nitrogens with zero attached hydrogens (tertiary/aromatic N) is 3. The second kappa shape index (κ2) is 3.02. The smallest absolute Gasteiger partial charge is 0.147 e. The van der Waals surface area contributed by atoms with Crippen LogP contribution in [0.4, 0.5) is 5.82 Å². The minimum Gasteiger partial charge on any atom is -0.376 e. The second-order valence-corrected chi connectivity index (χ2v) is 2.64. The van der Waals surface area contributed by atoms with Gasteiger partial charge in [-0.25, -0.2) is 9.97 Å². The third-order valence-electron chi connectivity index (χ3n) is 1.95. The summed E-state index contributed by atoms with van der Waals surface area (Å²) in [6.07, 6.45) is 3.25. The Balaban J connectivity index is 2.72. The molecule has 0 radical (unpaired) electrons. The van der Waals surface area contributed by atoms with Crippen LogP contribution < -0.4 is 5.32 Å². The molecule has 0 aliphatic heterocycles. The minimum atomic E-state index is -0.0658. The van der Waals surface area contributed by atoms with E-state index in [0.717, 1.165) is 16.9 Å².